The second-order valence-corrected chi connectivity index (χ2v) is 7.32. The molecule has 3 nitrogen and oxygen atoms in total. The molecule has 0 aliphatic carbocycles. The van der Waals surface area contributed by atoms with Crippen molar-refractivity contribution in [3.8, 4) is 5.75 Å². The smallest absolute Gasteiger partial charge is 0.119 e. The van der Waals surface area contributed by atoms with E-state index in [1.165, 1.54) is 21.7 Å². The number of benzene rings is 1. The van der Waals surface area contributed by atoms with E-state index in [4.69, 9.17) is 9.47 Å². The Balaban J connectivity index is 1.65. The molecule has 0 bridgehead atoms. The minimum absolute atomic E-state index is 0.315. The Morgan fingerprint density at radius 1 is 1.33 bits per heavy atom. The number of thiophene rings is 1. The zero-order valence-corrected chi connectivity index (χ0v) is 15.1. The maximum Gasteiger partial charge on any atom is 0.119 e. The molecule has 2 heterocycles. The Morgan fingerprint density at radius 3 is 3.00 bits per heavy atom. The summed E-state index contributed by atoms with van der Waals surface area (Å²) < 4.78 is 11.1. The van der Waals surface area contributed by atoms with Crippen LogP contribution >= 0.6 is 11.3 Å². The van der Waals surface area contributed by atoms with Gasteiger partial charge in [0.05, 0.1) is 13.2 Å². The number of hydrogen-bond donors (Lipinski definition) is 0. The van der Waals surface area contributed by atoms with E-state index >= 15 is 0 Å². The van der Waals surface area contributed by atoms with Gasteiger partial charge < -0.3 is 9.47 Å². The Kier molecular flexibility index (Phi) is 6.07. The van der Waals surface area contributed by atoms with Crippen molar-refractivity contribution >= 4 is 11.3 Å². The molecule has 1 aliphatic rings. The molecule has 0 amide bonds. The van der Waals surface area contributed by atoms with Crippen LogP contribution in [0.5, 0.6) is 5.75 Å². The van der Waals surface area contributed by atoms with Gasteiger partial charge in [-0.15, -0.1) is 17.9 Å². The summed E-state index contributed by atoms with van der Waals surface area (Å²) in [6.45, 7) is 7.48. The van der Waals surface area contributed by atoms with Crippen LogP contribution in [-0.4, -0.2) is 25.2 Å². The minimum atomic E-state index is 0.315. The monoisotopic (exact) mass is 343 g/mol. The van der Waals surface area contributed by atoms with Gasteiger partial charge in [0, 0.05) is 36.0 Å². The molecule has 1 aromatic heterocycles. The molecule has 1 unspecified atom stereocenters. The Labute approximate surface area is 148 Å². The first kappa shape index (κ1) is 17.2. The summed E-state index contributed by atoms with van der Waals surface area (Å²) in [6, 6.07) is 12.7. The van der Waals surface area contributed by atoms with Gasteiger partial charge in [0.25, 0.3) is 0 Å². The summed E-state index contributed by atoms with van der Waals surface area (Å²) in [5.41, 5.74) is 1.26. The first-order valence-corrected chi connectivity index (χ1v) is 9.26. The number of rotatable bonds is 8. The molecule has 1 fully saturated rings. The largest absolute Gasteiger partial charge is 0.497 e. The third kappa shape index (κ3) is 4.47. The van der Waals surface area contributed by atoms with E-state index in [0.717, 1.165) is 38.4 Å². The predicted octanol–water partition coefficient (Wildman–Crippen LogP) is 4.80. The Bertz CT molecular complexity index is 661. The zero-order valence-electron chi connectivity index (χ0n) is 14.2. The van der Waals surface area contributed by atoms with Crippen LogP contribution in [0.15, 0.2) is 49.1 Å². The molecule has 1 atom stereocenters. The van der Waals surface area contributed by atoms with Crippen molar-refractivity contribution in [3.05, 3.63) is 64.4 Å². The van der Waals surface area contributed by atoms with E-state index in [1.54, 1.807) is 7.11 Å². The van der Waals surface area contributed by atoms with Crippen LogP contribution in [0.25, 0.3) is 0 Å². The third-order valence-corrected chi connectivity index (χ3v) is 5.40. The molecule has 0 saturated carbocycles. The number of hydrogen-bond acceptors (Lipinski definition) is 4. The van der Waals surface area contributed by atoms with E-state index in [0.29, 0.717) is 6.10 Å². The van der Waals surface area contributed by atoms with Gasteiger partial charge in [0.15, 0.2) is 0 Å². The van der Waals surface area contributed by atoms with E-state index in [-0.39, 0.29) is 0 Å². The van der Waals surface area contributed by atoms with Gasteiger partial charge in [0.1, 0.15) is 5.75 Å². The van der Waals surface area contributed by atoms with Gasteiger partial charge in [-0.25, -0.2) is 0 Å². The highest BCUT2D eigenvalue weighted by molar-refractivity contribution is 7.12. The quantitative estimate of drug-likeness (QED) is 0.643. The average Bonchev–Trinajstić information content (AvgIpc) is 3.26. The van der Waals surface area contributed by atoms with Gasteiger partial charge >= 0.3 is 0 Å². The fraction of sp³-hybridized carbons (Fsp3) is 0.400. The first-order chi connectivity index (χ1) is 11.8. The van der Waals surface area contributed by atoms with Gasteiger partial charge in [-0.05, 0) is 42.7 Å². The highest BCUT2D eigenvalue weighted by Gasteiger charge is 2.19. The van der Waals surface area contributed by atoms with E-state index < -0.39 is 0 Å². The molecule has 1 aliphatic heterocycles. The van der Waals surface area contributed by atoms with Gasteiger partial charge in [-0.1, -0.05) is 18.2 Å². The second kappa shape index (κ2) is 8.47. The first-order valence-electron chi connectivity index (χ1n) is 8.45. The van der Waals surface area contributed by atoms with Crippen LogP contribution in [-0.2, 0) is 17.8 Å². The lowest BCUT2D eigenvalue weighted by atomic mass is 10.2. The summed E-state index contributed by atoms with van der Waals surface area (Å²) in [5.74, 6) is 0.905. The minimum Gasteiger partial charge on any atom is -0.497 e. The van der Waals surface area contributed by atoms with Gasteiger partial charge in [-0.3, -0.25) is 4.90 Å². The lowest BCUT2D eigenvalue weighted by Gasteiger charge is -2.20. The van der Waals surface area contributed by atoms with Crippen molar-refractivity contribution in [2.75, 3.05) is 20.3 Å². The average molecular weight is 343 g/mol. The summed E-state index contributed by atoms with van der Waals surface area (Å²) in [7, 11) is 1.71. The SMILES string of the molecule is C=CCN(Cc1cccc(OC)c1)Cc1ccc(C2CCCO2)s1. The van der Waals surface area contributed by atoms with E-state index in [9.17, 15) is 0 Å². The van der Waals surface area contributed by atoms with Crippen molar-refractivity contribution in [1.82, 2.24) is 4.90 Å². The second-order valence-electron chi connectivity index (χ2n) is 6.12. The summed E-state index contributed by atoms with van der Waals surface area (Å²) in [5, 5.41) is 0. The van der Waals surface area contributed by atoms with Crippen LogP contribution in [0.3, 0.4) is 0 Å². The molecule has 0 radical (unpaired) electrons. The molecule has 3 rings (SSSR count). The fourth-order valence-electron chi connectivity index (χ4n) is 3.07. The van der Waals surface area contributed by atoms with Crippen LogP contribution in [0.1, 0.15) is 34.3 Å². The third-order valence-electron chi connectivity index (χ3n) is 4.24. The zero-order chi connectivity index (χ0) is 16.8. The highest BCUT2D eigenvalue weighted by atomic mass is 32.1. The summed E-state index contributed by atoms with van der Waals surface area (Å²) >= 11 is 1.88. The van der Waals surface area contributed by atoms with Gasteiger partial charge in [-0.2, -0.15) is 0 Å². The molecule has 1 aromatic carbocycles. The summed E-state index contributed by atoms with van der Waals surface area (Å²) in [4.78, 5) is 5.14. The van der Waals surface area contributed by atoms with E-state index in [2.05, 4.69) is 35.7 Å². The van der Waals surface area contributed by atoms with E-state index in [1.807, 2.05) is 29.5 Å². The van der Waals surface area contributed by atoms with Crippen LogP contribution in [0, 0.1) is 0 Å². The van der Waals surface area contributed by atoms with Crippen molar-refractivity contribution in [3.63, 3.8) is 0 Å². The van der Waals surface area contributed by atoms with Crippen molar-refractivity contribution < 1.29 is 9.47 Å². The molecular formula is C20H25NO2S. The van der Waals surface area contributed by atoms with Crippen molar-refractivity contribution in [1.29, 1.82) is 0 Å². The van der Waals surface area contributed by atoms with Crippen LogP contribution in [0.4, 0.5) is 0 Å². The molecule has 24 heavy (non-hydrogen) atoms. The number of methoxy groups -OCH3 is 1. The number of nitrogens with zero attached hydrogens (tertiary/aromatic N) is 1. The lowest BCUT2D eigenvalue weighted by Crippen LogP contribution is -2.22. The standard InChI is InChI=1S/C20H25NO2S/c1-3-11-21(14-16-6-4-7-17(13-16)22-2)15-18-9-10-20(24-18)19-8-5-12-23-19/h3-4,6-7,9-10,13,19H,1,5,8,11-12,14-15H2,2H3. The highest BCUT2D eigenvalue weighted by Crippen LogP contribution is 2.33. The maximum absolute atomic E-state index is 5.79. The van der Waals surface area contributed by atoms with Crippen molar-refractivity contribution in [2.24, 2.45) is 0 Å². The molecule has 0 N–H and O–H groups in total. The van der Waals surface area contributed by atoms with Crippen LogP contribution in [0.2, 0.25) is 0 Å². The fourth-order valence-corrected chi connectivity index (χ4v) is 4.21. The maximum atomic E-state index is 5.79. The molecule has 4 heteroatoms. The molecule has 2 aromatic rings. The lowest BCUT2D eigenvalue weighted by molar-refractivity contribution is 0.114. The topological polar surface area (TPSA) is 21.7 Å². The van der Waals surface area contributed by atoms with Gasteiger partial charge in [0.2, 0.25) is 0 Å². The van der Waals surface area contributed by atoms with Crippen molar-refractivity contribution in [2.45, 2.75) is 32.0 Å². The number of ether oxygens (including phenoxy) is 2. The molecular weight excluding hydrogens is 318 g/mol. The molecule has 128 valence electrons. The molecule has 0 spiro atoms. The Hall–Kier alpha value is -1.62. The van der Waals surface area contributed by atoms with Crippen LogP contribution < -0.4 is 4.74 Å². The predicted molar refractivity (Wildman–Crippen MR) is 99.6 cm³/mol. The summed E-state index contributed by atoms with van der Waals surface area (Å²) in [6.07, 6.45) is 4.61. The normalized spacial score (nSPS) is 17.3. The Morgan fingerprint density at radius 2 is 2.25 bits per heavy atom. The molecule has 1 saturated heterocycles.